The Bertz CT molecular complexity index is 109. The number of hydrogen-bond donors (Lipinski definition) is 1. The summed E-state index contributed by atoms with van der Waals surface area (Å²) >= 11 is 0. The predicted molar refractivity (Wildman–Crippen MR) is 61.5 cm³/mol. The van der Waals surface area contributed by atoms with Crippen LogP contribution in [0.15, 0.2) is 0 Å². The molecule has 0 unspecified atom stereocenters. The molecule has 0 aromatic heterocycles. The van der Waals surface area contributed by atoms with E-state index >= 15 is 0 Å². The number of halogens is 1. The summed E-state index contributed by atoms with van der Waals surface area (Å²) < 4.78 is 0. The van der Waals surface area contributed by atoms with E-state index in [0.29, 0.717) is 0 Å². The van der Waals surface area contributed by atoms with E-state index in [4.69, 9.17) is 0 Å². The summed E-state index contributed by atoms with van der Waals surface area (Å²) in [6.07, 6.45) is 7.33. The molecule has 0 radical (unpaired) electrons. The molecule has 0 saturated heterocycles. The monoisotopic (exact) mass is 205 g/mol. The summed E-state index contributed by atoms with van der Waals surface area (Å²) in [6.45, 7) is 7.00. The van der Waals surface area contributed by atoms with E-state index in [1.54, 1.807) is 0 Å². The van der Waals surface area contributed by atoms with Crippen LogP contribution in [0.4, 0.5) is 0 Å². The zero-order chi connectivity index (χ0) is 8.81. The molecule has 0 atom stereocenters. The molecule has 0 aliphatic heterocycles. The van der Waals surface area contributed by atoms with Crippen LogP contribution in [-0.2, 0) is 0 Å². The quantitative estimate of drug-likeness (QED) is 0.743. The third-order valence-electron chi connectivity index (χ3n) is 2.71. The Morgan fingerprint density at radius 1 is 1.15 bits per heavy atom. The van der Waals surface area contributed by atoms with Crippen molar-refractivity contribution in [2.24, 2.45) is 11.8 Å². The lowest BCUT2D eigenvalue weighted by atomic mass is 9.89. The lowest BCUT2D eigenvalue weighted by Gasteiger charge is -2.22. The first-order valence-corrected chi connectivity index (χ1v) is 5.49. The van der Waals surface area contributed by atoms with E-state index < -0.39 is 0 Å². The molecule has 2 heteroatoms. The van der Waals surface area contributed by atoms with Crippen molar-refractivity contribution in [3.63, 3.8) is 0 Å². The van der Waals surface area contributed by atoms with Crippen molar-refractivity contribution in [1.82, 2.24) is 5.32 Å². The standard InChI is InChI=1S/C11H23N.ClH/c1-10(2)8-12-9-11-6-4-3-5-7-11;/h10-12H,3-9H2,1-2H3;1H. The van der Waals surface area contributed by atoms with E-state index in [-0.39, 0.29) is 12.4 Å². The van der Waals surface area contributed by atoms with Crippen molar-refractivity contribution in [3.8, 4) is 0 Å². The molecule has 1 saturated carbocycles. The van der Waals surface area contributed by atoms with Gasteiger partial charge in [0.25, 0.3) is 0 Å². The molecule has 1 aliphatic carbocycles. The van der Waals surface area contributed by atoms with Gasteiger partial charge in [-0.05, 0) is 37.8 Å². The summed E-state index contributed by atoms with van der Waals surface area (Å²) in [5, 5.41) is 3.55. The second kappa shape index (κ2) is 7.64. The third kappa shape index (κ3) is 6.34. The van der Waals surface area contributed by atoms with Crippen LogP contribution < -0.4 is 5.32 Å². The molecule has 0 aromatic carbocycles. The van der Waals surface area contributed by atoms with Gasteiger partial charge in [-0.1, -0.05) is 33.1 Å². The third-order valence-corrected chi connectivity index (χ3v) is 2.71. The molecular formula is C11H24ClN. The van der Waals surface area contributed by atoms with Crippen LogP contribution in [0.5, 0.6) is 0 Å². The molecule has 1 rings (SSSR count). The maximum atomic E-state index is 3.55. The molecule has 0 bridgehead atoms. The van der Waals surface area contributed by atoms with Crippen LogP contribution in [0, 0.1) is 11.8 Å². The minimum atomic E-state index is 0. The minimum Gasteiger partial charge on any atom is -0.316 e. The molecule has 1 aliphatic rings. The van der Waals surface area contributed by atoms with Gasteiger partial charge < -0.3 is 5.32 Å². The highest BCUT2D eigenvalue weighted by Gasteiger charge is 2.12. The average Bonchev–Trinajstić information content (AvgIpc) is 2.05. The van der Waals surface area contributed by atoms with Gasteiger partial charge in [-0.25, -0.2) is 0 Å². The van der Waals surface area contributed by atoms with Crippen molar-refractivity contribution >= 4 is 12.4 Å². The second-order valence-electron chi connectivity index (χ2n) is 4.56. The van der Waals surface area contributed by atoms with E-state index in [1.807, 2.05) is 0 Å². The molecule has 1 N–H and O–H groups in total. The fraction of sp³-hybridized carbons (Fsp3) is 1.00. The summed E-state index contributed by atoms with van der Waals surface area (Å²) in [7, 11) is 0. The Balaban J connectivity index is 0.00000144. The van der Waals surface area contributed by atoms with Crippen molar-refractivity contribution in [2.45, 2.75) is 46.0 Å². The van der Waals surface area contributed by atoms with E-state index in [0.717, 1.165) is 11.8 Å². The Kier molecular flexibility index (Phi) is 7.78. The van der Waals surface area contributed by atoms with Crippen LogP contribution in [0.1, 0.15) is 46.0 Å². The summed E-state index contributed by atoms with van der Waals surface area (Å²) in [4.78, 5) is 0. The molecule has 0 heterocycles. The Morgan fingerprint density at radius 2 is 1.77 bits per heavy atom. The van der Waals surface area contributed by atoms with Gasteiger partial charge in [-0.3, -0.25) is 0 Å². The van der Waals surface area contributed by atoms with E-state index in [9.17, 15) is 0 Å². The van der Waals surface area contributed by atoms with Gasteiger partial charge in [0.15, 0.2) is 0 Å². The molecule has 1 nitrogen and oxygen atoms in total. The van der Waals surface area contributed by atoms with Gasteiger partial charge in [0.2, 0.25) is 0 Å². The van der Waals surface area contributed by atoms with Crippen LogP contribution in [0.3, 0.4) is 0 Å². The molecular weight excluding hydrogens is 182 g/mol. The molecule has 80 valence electrons. The number of hydrogen-bond acceptors (Lipinski definition) is 1. The Hall–Kier alpha value is 0.250. The first-order valence-electron chi connectivity index (χ1n) is 5.49. The Morgan fingerprint density at radius 3 is 2.31 bits per heavy atom. The van der Waals surface area contributed by atoms with Crippen LogP contribution >= 0.6 is 12.4 Å². The van der Waals surface area contributed by atoms with Gasteiger partial charge in [0, 0.05) is 0 Å². The topological polar surface area (TPSA) is 12.0 Å². The smallest absolute Gasteiger partial charge is 0.00204 e. The van der Waals surface area contributed by atoms with Crippen molar-refractivity contribution in [3.05, 3.63) is 0 Å². The first-order chi connectivity index (χ1) is 5.79. The normalized spacial score (nSPS) is 18.7. The maximum Gasteiger partial charge on any atom is -0.00204 e. The predicted octanol–water partition coefficient (Wildman–Crippen LogP) is 3.23. The lowest BCUT2D eigenvalue weighted by molar-refractivity contribution is 0.337. The molecule has 0 spiro atoms. The van der Waals surface area contributed by atoms with Crippen molar-refractivity contribution in [2.75, 3.05) is 13.1 Å². The number of nitrogens with one attached hydrogen (secondary N) is 1. The fourth-order valence-corrected chi connectivity index (χ4v) is 1.97. The summed E-state index contributed by atoms with van der Waals surface area (Å²) in [6, 6.07) is 0. The SMILES string of the molecule is CC(C)CNCC1CCCCC1.Cl. The Labute approximate surface area is 89.1 Å². The molecule has 0 aromatic rings. The van der Waals surface area contributed by atoms with Crippen LogP contribution in [0.2, 0.25) is 0 Å². The maximum absolute atomic E-state index is 3.55. The highest BCUT2D eigenvalue weighted by molar-refractivity contribution is 5.85. The van der Waals surface area contributed by atoms with E-state index in [1.165, 1.54) is 45.2 Å². The summed E-state index contributed by atoms with van der Waals surface area (Å²) in [5.41, 5.74) is 0. The van der Waals surface area contributed by atoms with Crippen molar-refractivity contribution in [1.29, 1.82) is 0 Å². The van der Waals surface area contributed by atoms with Crippen LogP contribution in [0.25, 0.3) is 0 Å². The molecule has 1 fully saturated rings. The summed E-state index contributed by atoms with van der Waals surface area (Å²) in [5.74, 6) is 1.78. The van der Waals surface area contributed by atoms with Gasteiger partial charge in [0.1, 0.15) is 0 Å². The zero-order valence-corrected chi connectivity index (χ0v) is 9.83. The van der Waals surface area contributed by atoms with Gasteiger partial charge in [0.05, 0.1) is 0 Å². The van der Waals surface area contributed by atoms with E-state index in [2.05, 4.69) is 19.2 Å². The van der Waals surface area contributed by atoms with Gasteiger partial charge >= 0.3 is 0 Å². The highest BCUT2D eigenvalue weighted by Crippen LogP contribution is 2.22. The van der Waals surface area contributed by atoms with Gasteiger partial charge in [-0.2, -0.15) is 0 Å². The zero-order valence-electron chi connectivity index (χ0n) is 9.01. The molecule has 13 heavy (non-hydrogen) atoms. The second-order valence-corrected chi connectivity index (χ2v) is 4.56. The van der Waals surface area contributed by atoms with Gasteiger partial charge in [-0.15, -0.1) is 12.4 Å². The van der Waals surface area contributed by atoms with Crippen LogP contribution in [-0.4, -0.2) is 13.1 Å². The first kappa shape index (κ1) is 13.2. The highest BCUT2D eigenvalue weighted by atomic mass is 35.5. The largest absolute Gasteiger partial charge is 0.316 e. The lowest BCUT2D eigenvalue weighted by Crippen LogP contribution is -2.27. The molecule has 0 amide bonds. The fourth-order valence-electron chi connectivity index (χ4n) is 1.97. The average molecular weight is 206 g/mol. The van der Waals surface area contributed by atoms with Crippen molar-refractivity contribution < 1.29 is 0 Å². The minimum absolute atomic E-state index is 0. The number of rotatable bonds is 4.